The van der Waals surface area contributed by atoms with Crippen molar-refractivity contribution >= 4 is 89.8 Å². The highest BCUT2D eigenvalue weighted by Crippen LogP contribution is 2.36. The van der Waals surface area contributed by atoms with Crippen molar-refractivity contribution < 1.29 is 24.3 Å². The number of thiazole rings is 2. The molecule has 4 atom stereocenters. The zero-order valence-electron chi connectivity index (χ0n) is 36.5. The number of aryl methyl sites for hydroxylation is 4. The minimum Gasteiger partial charge on any atom is -0.474 e. The quantitative estimate of drug-likeness (QED) is 0.0874. The molecule has 0 aliphatic carbocycles. The van der Waals surface area contributed by atoms with E-state index in [2.05, 4.69) is 90.0 Å². The van der Waals surface area contributed by atoms with Crippen molar-refractivity contribution in [2.75, 3.05) is 35.2 Å². The maximum Gasteiger partial charge on any atom is 0.394 e. The number of nitrogen functional groups attached to an aromatic ring is 2. The van der Waals surface area contributed by atoms with E-state index in [9.17, 15) is 19.2 Å². The van der Waals surface area contributed by atoms with Crippen molar-refractivity contribution in [1.82, 2.24) is 30.2 Å². The van der Waals surface area contributed by atoms with E-state index in [1.54, 1.807) is 42.2 Å². The maximum absolute atomic E-state index is 13.2. The van der Waals surface area contributed by atoms with Crippen molar-refractivity contribution in [2.24, 2.45) is 11.8 Å². The molecule has 2 aliphatic rings. The lowest BCUT2D eigenvalue weighted by Crippen LogP contribution is -2.46. The van der Waals surface area contributed by atoms with Crippen LogP contribution in [0.15, 0.2) is 60.9 Å². The molecule has 0 unspecified atom stereocenters. The number of aliphatic carboxylic acids is 1. The van der Waals surface area contributed by atoms with E-state index in [0.29, 0.717) is 47.1 Å². The Bertz CT molecular complexity index is 2600. The molecule has 0 spiro atoms. The SMILES string of the molecule is CCc1nc2cc([C@H]3CC[C@H](C)CN3)ccc2s1.CCc1nc2cc([C@H]3CC[C@H](C)CN3C(=O)C(=O)Nc3cnc(N)c(C)c3)ccc2s1.Cc1cc(NC(=O)C(=O)O)cnc1N. The molecule has 6 heterocycles. The van der Waals surface area contributed by atoms with Crippen LogP contribution >= 0.6 is 22.7 Å². The van der Waals surface area contributed by atoms with Crippen LogP contribution in [0.4, 0.5) is 23.0 Å². The van der Waals surface area contributed by atoms with E-state index < -0.39 is 23.7 Å². The molecule has 0 bridgehead atoms. The number of pyridine rings is 2. The molecule has 4 aromatic heterocycles. The molecule has 2 aliphatic heterocycles. The van der Waals surface area contributed by atoms with E-state index in [1.165, 1.54) is 46.0 Å². The summed E-state index contributed by atoms with van der Waals surface area (Å²) < 4.78 is 2.46. The number of carboxylic acids is 1. The smallest absolute Gasteiger partial charge is 0.394 e. The third kappa shape index (κ3) is 11.9. The third-order valence-corrected chi connectivity index (χ3v) is 13.5. The summed E-state index contributed by atoms with van der Waals surface area (Å²) in [6, 6.07) is 16.6. The number of amides is 3. The molecule has 332 valence electrons. The van der Waals surface area contributed by atoms with Gasteiger partial charge in [0.05, 0.1) is 60.3 Å². The van der Waals surface area contributed by atoms with Crippen molar-refractivity contribution in [1.29, 1.82) is 0 Å². The summed E-state index contributed by atoms with van der Waals surface area (Å²) in [6.07, 6.45) is 9.10. The van der Waals surface area contributed by atoms with Gasteiger partial charge < -0.3 is 37.4 Å². The number of likely N-dealkylation sites (tertiary alicyclic amines) is 1. The molecule has 8 rings (SSSR count). The predicted molar refractivity (Wildman–Crippen MR) is 252 cm³/mol. The molecule has 15 nitrogen and oxygen atoms in total. The molecule has 2 saturated heterocycles. The first-order valence-corrected chi connectivity index (χ1v) is 22.9. The number of anilines is 4. The predicted octanol–water partition coefficient (Wildman–Crippen LogP) is 8.00. The van der Waals surface area contributed by atoms with Gasteiger partial charge >= 0.3 is 23.7 Å². The van der Waals surface area contributed by atoms with Gasteiger partial charge in [-0.15, -0.1) is 22.7 Å². The molecule has 0 radical (unpaired) electrons. The van der Waals surface area contributed by atoms with Crippen LogP contribution in [0.2, 0.25) is 0 Å². The third-order valence-electron chi connectivity index (χ3n) is 11.2. The Morgan fingerprint density at radius 2 is 1.27 bits per heavy atom. The average Bonchev–Trinajstić information content (AvgIpc) is 3.90. The Labute approximate surface area is 375 Å². The molecule has 17 heteroatoms. The number of nitrogens with zero attached hydrogens (tertiary/aromatic N) is 5. The molecule has 0 saturated carbocycles. The van der Waals surface area contributed by atoms with Gasteiger partial charge in [-0.2, -0.15) is 0 Å². The van der Waals surface area contributed by atoms with E-state index in [1.807, 2.05) is 11.3 Å². The van der Waals surface area contributed by atoms with E-state index in [0.717, 1.165) is 64.5 Å². The van der Waals surface area contributed by atoms with Crippen molar-refractivity contribution in [3.8, 4) is 0 Å². The highest BCUT2D eigenvalue weighted by atomic mass is 32.1. The molecular formula is C46H56N10O5S2. The van der Waals surface area contributed by atoms with Crippen LogP contribution in [0.1, 0.15) is 97.7 Å². The van der Waals surface area contributed by atoms with Gasteiger partial charge in [-0.1, -0.05) is 39.8 Å². The number of fused-ring (bicyclic) bond motifs is 2. The molecule has 2 fully saturated rings. The number of rotatable bonds is 6. The van der Waals surface area contributed by atoms with Crippen molar-refractivity contribution in [2.45, 2.75) is 92.2 Å². The number of nitrogens with two attached hydrogens (primary N) is 2. The fraction of sp³-hybridized carbons (Fsp3) is 0.391. The van der Waals surface area contributed by atoms with Gasteiger partial charge in [0.1, 0.15) is 11.6 Å². The lowest BCUT2D eigenvalue weighted by molar-refractivity contribution is -0.147. The second kappa shape index (κ2) is 20.9. The molecule has 2 aromatic carbocycles. The highest BCUT2D eigenvalue weighted by Gasteiger charge is 2.34. The van der Waals surface area contributed by atoms with Crippen LogP contribution in [0.3, 0.4) is 0 Å². The monoisotopic (exact) mass is 892 g/mol. The maximum atomic E-state index is 13.2. The summed E-state index contributed by atoms with van der Waals surface area (Å²) in [5.74, 6) is -1.93. The fourth-order valence-electron chi connectivity index (χ4n) is 7.52. The Hall–Kier alpha value is -6.04. The van der Waals surface area contributed by atoms with Crippen molar-refractivity contribution in [3.05, 3.63) is 93.2 Å². The molecule has 6 aromatic rings. The summed E-state index contributed by atoms with van der Waals surface area (Å²) in [6.45, 7) is 13.9. The summed E-state index contributed by atoms with van der Waals surface area (Å²) in [7, 11) is 0. The first-order valence-electron chi connectivity index (χ1n) is 21.2. The van der Waals surface area contributed by atoms with Crippen LogP contribution in [0, 0.1) is 25.7 Å². The standard InChI is InChI=1S/C23H27N5O2S.C15H20N2S.C8H9N3O3/c1-4-20-27-17-10-15(6-8-19(17)31-20)18-7-5-13(2)12-28(18)23(30)22(29)26-16-9-14(3)21(24)25-11-16;1-3-15-17-13-8-11(5-7-14(13)18-15)12-6-4-10(2)9-16-12;1-4-2-5(3-10-6(4)9)11-7(12)8(13)14/h6,8-11,13,18H,4-5,7,12H2,1-3H3,(H2,24,25)(H,26,29);5,7-8,10,12,16H,3-4,6,9H2,1-2H3;2-3H,1H3,(H2,9,10)(H,11,12)(H,13,14)/t13-,18+;10-,12+;/m00./s1. The average molecular weight is 893 g/mol. The number of carbonyl (C=O) groups excluding carboxylic acids is 3. The normalized spacial score (nSPS) is 18.4. The highest BCUT2D eigenvalue weighted by molar-refractivity contribution is 7.18. The van der Waals surface area contributed by atoms with Gasteiger partial charge in [0.2, 0.25) is 0 Å². The van der Waals surface area contributed by atoms with Gasteiger partial charge in [-0.05, 0) is 129 Å². The number of aromatic nitrogens is 4. The number of hydrogen-bond acceptors (Lipinski definition) is 13. The van der Waals surface area contributed by atoms with Crippen LogP contribution < -0.4 is 27.4 Å². The van der Waals surface area contributed by atoms with Crippen LogP contribution in [0.25, 0.3) is 20.4 Å². The summed E-state index contributed by atoms with van der Waals surface area (Å²) in [5.41, 5.74) is 17.9. The molecular weight excluding hydrogens is 837 g/mol. The second-order valence-electron chi connectivity index (χ2n) is 16.2. The van der Waals surface area contributed by atoms with Crippen LogP contribution in [-0.4, -0.2) is 66.7 Å². The first kappa shape index (κ1) is 46.5. The van der Waals surface area contributed by atoms with Gasteiger partial charge in [0.25, 0.3) is 0 Å². The van der Waals surface area contributed by atoms with Crippen LogP contribution in [-0.2, 0) is 32.0 Å². The number of carboxylic acid groups (broad SMARTS) is 1. The summed E-state index contributed by atoms with van der Waals surface area (Å²) in [5, 5.41) is 19.1. The second-order valence-corrected chi connectivity index (χ2v) is 18.5. The summed E-state index contributed by atoms with van der Waals surface area (Å²) >= 11 is 3.52. The Morgan fingerprint density at radius 3 is 1.78 bits per heavy atom. The number of benzene rings is 2. The lowest BCUT2D eigenvalue weighted by atomic mass is 9.89. The van der Waals surface area contributed by atoms with E-state index in [-0.39, 0.29) is 6.04 Å². The minimum atomic E-state index is -1.54. The first-order chi connectivity index (χ1) is 30.1. The van der Waals surface area contributed by atoms with Crippen molar-refractivity contribution in [3.63, 3.8) is 0 Å². The van der Waals surface area contributed by atoms with E-state index >= 15 is 0 Å². The zero-order chi connectivity index (χ0) is 45.4. The Morgan fingerprint density at radius 1 is 0.746 bits per heavy atom. The largest absolute Gasteiger partial charge is 0.474 e. The molecule has 8 N–H and O–H groups in total. The molecule has 3 amide bonds. The Kier molecular flexibility index (Phi) is 15.4. The van der Waals surface area contributed by atoms with Gasteiger partial charge in [0, 0.05) is 12.6 Å². The fourth-order valence-corrected chi connectivity index (χ4v) is 9.30. The summed E-state index contributed by atoms with van der Waals surface area (Å²) in [4.78, 5) is 65.8. The Balaban J connectivity index is 0.000000174. The van der Waals surface area contributed by atoms with Gasteiger partial charge in [-0.25, -0.2) is 24.7 Å². The van der Waals surface area contributed by atoms with Gasteiger partial charge in [0.15, 0.2) is 0 Å². The topological polar surface area (TPSA) is 231 Å². The number of hydrogen-bond donors (Lipinski definition) is 6. The number of nitrogens with one attached hydrogen (secondary N) is 3. The van der Waals surface area contributed by atoms with E-state index in [4.69, 9.17) is 26.5 Å². The van der Waals surface area contributed by atoms with Gasteiger partial charge in [-0.3, -0.25) is 14.4 Å². The lowest BCUT2D eigenvalue weighted by Gasteiger charge is -2.38. The minimum absolute atomic E-state index is 0.142. The van der Waals surface area contributed by atoms with Crippen LogP contribution in [0.5, 0.6) is 0 Å². The zero-order valence-corrected chi connectivity index (χ0v) is 38.2. The molecule has 63 heavy (non-hydrogen) atoms. The number of carbonyl (C=O) groups is 4. The number of piperidine rings is 2.